The summed E-state index contributed by atoms with van der Waals surface area (Å²) in [5.41, 5.74) is 0.274. The molecular formula is C10H10F3NO2. The van der Waals surface area contributed by atoms with Gasteiger partial charge in [-0.1, -0.05) is 6.07 Å². The van der Waals surface area contributed by atoms with E-state index in [0.717, 1.165) is 12.1 Å². The van der Waals surface area contributed by atoms with Crippen molar-refractivity contribution in [3.8, 4) is 0 Å². The number of nitrogens with zero attached hydrogens (tertiary/aromatic N) is 1. The summed E-state index contributed by atoms with van der Waals surface area (Å²) in [6, 6.07) is 3.25. The Kier molecular flexibility index (Phi) is 3.51. The van der Waals surface area contributed by atoms with Gasteiger partial charge in [-0.05, 0) is 30.2 Å². The topological polar surface area (TPSA) is 43.1 Å². The summed E-state index contributed by atoms with van der Waals surface area (Å²) in [7, 11) is 0. The molecule has 0 radical (unpaired) electrons. The van der Waals surface area contributed by atoms with E-state index in [1.807, 2.05) is 0 Å². The summed E-state index contributed by atoms with van der Waals surface area (Å²) in [5.74, 6) is 0. The lowest BCUT2D eigenvalue weighted by Crippen LogP contribution is -2.08. The van der Waals surface area contributed by atoms with E-state index < -0.39 is 16.7 Å². The molecule has 1 aromatic carbocycles. The molecule has 0 spiro atoms. The molecule has 1 aromatic rings. The fourth-order valence-electron chi connectivity index (χ4n) is 1.36. The van der Waals surface area contributed by atoms with Crippen molar-refractivity contribution in [1.82, 2.24) is 0 Å². The lowest BCUT2D eigenvalue weighted by molar-refractivity contribution is -0.479. The predicted octanol–water partition coefficient (Wildman–Crippen LogP) is 2.83. The van der Waals surface area contributed by atoms with Crippen molar-refractivity contribution in [2.24, 2.45) is 0 Å². The Hall–Kier alpha value is -1.59. The zero-order valence-corrected chi connectivity index (χ0v) is 8.54. The van der Waals surface area contributed by atoms with Crippen LogP contribution in [0.3, 0.4) is 0 Å². The Balaban J connectivity index is 2.88. The summed E-state index contributed by atoms with van der Waals surface area (Å²) < 4.78 is 36.9. The monoisotopic (exact) mass is 233 g/mol. The standard InChI is InChI=1S/C10H10F3NO2/c1-7-6-9(10(11,12)13)3-2-8(7)4-5-14(15)16/h2-3,6H,4-5H2,1H3. The molecule has 16 heavy (non-hydrogen) atoms. The first-order chi connectivity index (χ1) is 7.30. The minimum absolute atomic E-state index is 0.150. The Labute approximate surface area is 90.0 Å². The summed E-state index contributed by atoms with van der Waals surface area (Å²) in [5, 5.41) is 10.1. The third-order valence-electron chi connectivity index (χ3n) is 2.23. The third-order valence-corrected chi connectivity index (χ3v) is 2.23. The van der Waals surface area contributed by atoms with Crippen molar-refractivity contribution >= 4 is 0 Å². The lowest BCUT2D eigenvalue weighted by Gasteiger charge is -2.09. The van der Waals surface area contributed by atoms with Crippen molar-refractivity contribution in [3.05, 3.63) is 45.0 Å². The highest BCUT2D eigenvalue weighted by Crippen LogP contribution is 2.30. The van der Waals surface area contributed by atoms with E-state index in [-0.39, 0.29) is 13.0 Å². The predicted molar refractivity (Wildman–Crippen MR) is 51.7 cm³/mol. The second kappa shape index (κ2) is 4.51. The fraction of sp³-hybridized carbons (Fsp3) is 0.400. The quantitative estimate of drug-likeness (QED) is 0.595. The fourth-order valence-corrected chi connectivity index (χ4v) is 1.36. The summed E-state index contributed by atoms with van der Waals surface area (Å²) in [6.45, 7) is 1.25. The lowest BCUT2D eigenvalue weighted by atomic mass is 10.0. The van der Waals surface area contributed by atoms with E-state index in [9.17, 15) is 23.3 Å². The normalized spacial score (nSPS) is 11.5. The van der Waals surface area contributed by atoms with Gasteiger partial charge in [0.1, 0.15) is 0 Å². The van der Waals surface area contributed by atoms with E-state index in [1.54, 1.807) is 0 Å². The molecule has 0 unspecified atom stereocenters. The smallest absolute Gasteiger partial charge is 0.265 e. The molecule has 1 rings (SSSR count). The Morgan fingerprint density at radius 3 is 2.44 bits per heavy atom. The maximum atomic E-state index is 12.3. The Morgan fingerprint density at radius 2 is 2.00 bits per heavy atom. The highest BCUT2D eigenvalue weighted by Gasteiger charge is 2.30. The van der Waals surface area contributed by atoms with Gasteiger partial charge in [-0.3, -0.25) is 10.1 Å². The Morgan fingerprint density at radius 1 is 1.38 bits per heavy atom. The molecule has 0 bridgehead atoms. The van der Waals surface area contributed by atoms with Gasteiger partial charge in [-0.2, -0.15) is 13.2 Å². The van der Waals surface area contributed by atoms with Crippen molar-refractivity contribution in [1.29, 1.82) is 0 Å². The molecule has 3 nitrogen and oxygen atoms in total. The van der Waals surface area contributed by atoms with Crippen LogP contribution < -0.4 is 0 Å². The van der Waals surface area contributed by atoms with Crippen molar-refractivity contribution in [2.75, 3.05) is 6.54 Å². The van der Waals surface area contributed by atoms with E-state index in [1.165, 1.54) is 13.0 Å². The Bertz CT molecular complexity index is 402. The highest BCUT2D eigenvalue weighted by atomic mass is 19.4. The molecule has 0 saturated heterocycles. The van der Waals surface area contributed by atoms with Crippen molar-refractivity contribution in [2.45, 2.75) is 19.5 Å². The van der Waals surface area contributed by atoms with Gasteiger partial charge in [0.2, 0.25) is 6.54 Å². The van der Waals surface area contributed by atoms with Crippen molar-refractivity contribution < 1.29 is 18.1 Å². The summed E-state index contributed by atoms with van der Waals surface area (Å²) in [6.07, 6.45) is -4.22. The first-order valence-electron chi connectivity index (χ1n) is 4.59. The molecule has 0 atom stereocenters. The molecule has 0 aromatic heterocycles. The van der Waals surface area contributed by atoms with Gasteiger partial charge in [0.05, 0.1) is 5.56 Å². The molecule has 88 valence electrons. The van der Waals surface area contributed by atoms with Crippen LogP contribution >= 0.6 is 0 Å². The van der Waals surface area contributed by atoms with E-state index >= 15 is 0 Å². The summed E-state index contributed by atoms with van der Waals surface area (Å²) >= 11 is 0. The molecule has 0 N–H and O–H groups in total. The first kappa shape index (κ1) is 12.5. The molecule has 0 aliphatic rings. The van der Waals surface area contributed by atoms with Crippen LogP contribution in [0.25, 0.3) is 0 Å². The van der Waals surface area contributed by atoms with Crippen LogP contribution in [-0.4, -0.2) is 11.5 Å². The van der Waals surface area contributed by atoms with Crippen LogP contribution in [0, 0.1) is 17.0 Å². The third kappa shape index (κ3) is 3.22. The average Bonchev–Trinajstić information content (AvgIpc) is 2.14. The molecule has 0 saturated carbocycles. The minimum atomic E-state index is -4.37. The number of rotatable bonds is 3. The van der Waals surface area contributed by atoms with Gasteiger partial charge in [-0.25, -0.2) is 0 Å². The van der Waals surface area contributed by atoms with Crippen LogP contribution in [-0.2, 0) is 12.6 Å². The second-order valence-corrected chi connectivity index (χ2v) is 3.45. The maximum Gasteiger partial charge on any atom is 0.416 e. The molecule has 6 heteroatoms. The zero-order chi connectivity index (χ0) is 12.3. The number of alkyl halides is 3. The van der Waals surface area contributed by atoms with Gasteiger partial charge in [0.15, 0.2) is 0 Å². The maximum absolute atomic E-state index is 12.3. The van der Waals surface area contributed by atoms with Gasteiger partial charge < -0.3 is 0 Å². The van der Waals surface area contributed by atoms with Gasteiger partial charge >= 0.3 is 6.18 Å². The van der Waals surface area contributed by atoms with E-state index in [2.05, 4.69) is 0 Å². The van der Waals surface area contributed by atoms with Crippen molar-refractivity contribution in [3.63, 3.8) is 0 Å². The van der Waals surface area contributed by atoms with Gasteiger partial charge in [0, 0.05) is 11.3 Å². The number of hydrogen-bond acceptors (Lipinski definition) is 2. The minimum Gasteiger partial charge on any atom is -0.265 e. The molecule has 0 heterocycles. The molecule has 0 aliphatic heterocycles. The van der Waals surface area contributed by atoms with Crippen LogP contribution in [0.15, 0.2) is 18.2 Å². The van der Waals surface area contributed by atoms with Gasteiger partial charge in [0.25, 0.3) is 0 Å². The average molecular weight is 233 g/mol. The van der Waals surface area contributed by atoms with Crippen LogP contribution in [0.2, 0.25) is 0 Å². The second-order valence-electron chi connectivity index (χ2n) is 3.45. The number of benzene rings is 1. The number of nitro groups is 1. The van der Waals surface area contributed by atoms with Gasteiger partial charge in [-0.15, -0.1) is 0 Å². The van der Waals surface area contributed by atoms with Crippen LogP contribution in [0.4, 0.5) is 13.2 Å². The van der Waals surface area contributed by atoms with Crippen LogP contribution in [0.5, 0.6) is 0 Å². The molecule has 0 fully saturated rings. The summed E-state index contributed by atoms with van der Waals surface area (Å²) in [4.78, 5) is 9.65. The van der Waals surface area contributed by atoms with E-state index in [4.69, 9.17) is 0 Å². The molecular weight excluding hydrogens is 223 g/mol. The highest BCUT2D eigenvalue weighted by molar-refractivity contribution is 5.32. The SMILES string of the molecule is Cc1cc(C(F)(F)F)ccc1CC[N+](=O)[O-]. The first-order valence-corrected chi connectivity index (χ1v) is 4.59. The van der Waals surface area contributed by atoms with Crippen LogP contribution in [0.1, 0.15) is 16.7 Å². The number of hydrogen-bond donors (Lipinski definition) is 0. The molecule has 0 amide bonds. The zero-order valence-electron chi connectivity index (χ0n) is 8.54. The largest absolute Gasteiger partial charge is 0.416 e. The number of halogens is 3. The molecule has 0 aliphatic carbocycles. The number of aryl methyl sites for hydroxylation is 1. The van der Waals surface area contributed by atoms with E-state index in [0.29, 0.717) is 11.1 Å².